The van der Waals surface area contributed by atoms with E-state index in [2.05, 4.69) is 0 Å². The quantitative estimate of drug-likeness (QED) is 0.713. The Labute approximate surface area is 111 Å². The van der Waals surface area contributed by atoms with Gasteiger partial charge in [-0.3, -0.25) is 4.57 Å². The van der Waals surface area contributed by atoms with Crippen molar-refractivity contribution < 1.29 is 27.1 Å². The molecule has 1 rings (SSSR count). The highest BCUT2D eigenvalue weighted by Crippen LogP contribution is 2.66. The summed E-state index contributed by atoms with van der Waals surface area (Å²) in [5.41, 5.74) is -4.19. The fraction of sp³-hybridized carbons (Fsp3) is 0.500. The summed E-state index contributed by atoms with van der Waals surface area (Å²) in [6.45, 7) is 2.70. The van der Waals surface area contributed by atoms with E-state index in [1.54, 1.807) is 0 Å². The zero-order chi connectivity index (χ0) is 14.5. The summed E-state index contributed by atoms with van der Waals surface area (Å²) in [4.78, 5) is 0. The molecule has 0 fully saturated rings. The second-order valence-corrected chi connectivity index (χ2v) is 5.68. The van der Waals surface area contributed by atoms with Crippen molar-refractivity contribution >= 4 is 7.60 Å². The Morgan fingerprint density at radius 2 is 1.79 bits per heavy atom. The van der Waals surface area contributed by atoms with Crippen LogP contribution in [0.3, 0.4) is 0 Å². The molecule has 0 aliphatic heterocycles. The number of benzene rings is 1. The highest BCUT2D eigenvalue weighted by atomic mass is 31.2. The number of hydrogen-bond acceptors (Lipinski definition) is 4. The summed E-state index contributed by atoms with van der Waals surface area (Å²) < 4.78 is 55.1. The van der Waals surface area contributed by atoms with Gasteiger partial charge in [-0.05, 0) is 26.0 Å². The maximum atomic E-state index is 14.3. The largest absolute Gasteiger partial charge is 0.497 e. The minimum absolute atomic E-state index is 0.128. The van der Waals surface area contributed by atoms with Crippen LogP contribution in [0.1, 0.15) is 19.4 Å². The molecule has 1 aromatic carbocycles. The average Bonchev–Trinajstić information content (AvgIpc) is 2.39. The fourth-order valence-corrected chi connectivity index (χ4v) is 3.04. The maximum Gasteiger partial charge on any atom is 0.404 e. The van der Waals surface area contributed by atoms with E-state index in [0.717, 1.165) is 12.1 Å². The second kappa shape index (κ2) is 6.46. The molecule has 0 N–H and O–H groups in total. The Morgan fingerprint density at radius 1 is 1.21 bits per heavy atom. The lowest BCUT2D eigenvalue weighted by Gasteiger charge is -2.26. The third-order valence-corrected chi connectivity index (χ3v) is 4.50. The van der Waals surface area contributed by atoms with E-state index >= 15 is 0 Å². The van der Waals surface area contributed by atoms with Gasteiger partial charge in [0.2, 0.25) is 0 Å². The molecule has 108 valence electrons. The normalized spacial score (nSPS) is 12.5. The van der Waals surface area contributed by atoms with Crippen molar-refractivity contribution in [2.45, 2.75) is 19.5 Å². The molecule has 0 atom stereocenters. The molecular formula is C12H17F2O4P. The molecule has 7 heteroatoms. The topological polar surface area (TPSA) is 44.8 Å². The number of ether oxygens (including phenoxy) is 1. The van der Waals surface area contributed by atoms with Gasteiger partial charge >= 0.3 is 13.3 Å². The second-order valence-electron chi connectivity index (χ2n) is 3.61. The van der Waals surface area contributed by atoms with Crippen LogP contribution < -0.4 is 4.74 Å². The zero-order valence-electron chi connectivity index (χ0n) is 11.1. The number of alkyl halides is 2. The first-order valence-electron chi connectivity index (χ1n) is 5.82. The molecule has 0 bridgehead atoms. The van der Waals surface area contributed by atoms with Crippen molar-refractivity contribution in [3.63, 3.8) is 0 Å². The molecule has 1 aromatic rings. The average molecular weight is 294 g/mol. The number of rotatable bonds is 7. The highest BCUT2D eigenvalue weighted by Gasteiger charge is 2.54. The number of halogens is 2. The number of hydrogen-bond donors (Lipinski definition) is 0. The van der Waals surface area contributed by atoms with E-state index in [0.29, 0.717) is 0 Å². The zero-order valence-corrected chi connectivity index (χ0v) is 12.0. The van der Waals surface area contributed by atoms with Crippen LogP contribution in [0.25, 0.3) is 0 Å². The smallest absolute Gasteiger partial charge is 0.404 e. The van der Waals surface area contributed by atoms with Gasteiger partial charge in [-0.2, -0.15) is 8.78 Å². The van der Waals surface area contributed by atoms with E-state index in [1.165, 1.54) is 33.1 Å². The van der Waals surface area contributed by atoms with Gasteiger partial charge in [0.1, 0.15) is 5.75 Å². The molecule has 0 aromatic heterocycles. The first-order chi connectivity index (χ1) is 8.91. The van der Waals surface area contributed by atoms with Crippen LogP contribution in [0.2, 0.25) is 0 Å². The predicted octanol–water partition coefficient (Wildman–Crippen LogP) is 4.01. The van der Waals surface area contributed by atoms with Crippen LogP contribution >= 0.6 is 7.60 Å². The van der Waals surface area contributed by atoms with E-state index in [1.807, 2.05) is 0 Å². The van der Waals surface area contributed by atoms with Crippen molar-refractivity contribution in [3.05, 3.63) is 29.8 Å². The van der Waals surface area contributed by atoms with Gasteiger partial charge in [-0.25, -0.2) is 0 Å². The van der Waals surface area contributed by atoms with Gasteiger partial charge < -0.3 is 13.8 Å². The first kappa shape index (κ1) is 16.1. The third-order valence-electron chi connectivity index (χ3n) is 2.36. The lowest BCUT2D eigenvalue weighted by atomic mass is 10.2. The highest BCUT2D eigenvalue weighted by molar-refractivity contribution is 7.54. The van der Waals surface area contributed by atoms with Crippen LogP contribution in [0, 0.1) is 0 Å². The predicted molar refractivity (Wildman–Crippen MR) is 67.7 cm³/mol. The van der Waals surface area contributed by atoms with Crippen LogP contribution in [-0.2, 0) is 19.3 Å². The van der Waals surface area contributed by atoms with Crippen LogP contribution in [0.4, 0.5) is 8.78 Å². The van der Waals surface area contributed by atoms with E-state index in [-0.39, 0.29) is 19.0 Å². The Balaban J connectivity index is 3.21. The van der Waals surface area contributed by atoms with Crippen molar-refractivity contribution in [2.24, 2.45) is 0 Å². The number of methoxy groups -OCH3 is 1. The summed E-state index contributed by atoms with van der Waals surface area (Å²) in [6.07, 6.45) is 0. The molecule has 4 nitrogen and oxygen atoms in total. The molecule has 0 spiro atoms. The van der Waals surface area contributed by atoms with Crippen molar-refractivity contribution in [2.75, 3.05) is 20.3 Å². The van der Waals surface area contributed by atoms with Crippen molar-refractivity contribution in [1.29, 1.82) is 0 Å². The standard InChI is InChI=1S/C12H17F2O4P/c1-4-17-19(15,18-5-2)12(13,14)10-7-6-8-11(9-10)16-3/h6-9H,4-5H2,1-3H3. The molecule has 0 saturated carbocycles. The monoisotopic (exact) mass is 294 g/mol. The van der Waals surface area contributed by atoms with Gasteiger partial charge in [0.05, 0.1) is 20.3 Å². The summed E-state index contributed by atoms with van der Waals surface area (Å²) in [6, 6.07) is 5.19. The Bertz CT molecular complexity index is 455. The molecule has 19 heavy (non-hydrogen) atoms. The lowest BCUT2D eigenvalue weighted by Crippen LogP contribution is -2.18. The van der Waals surface area contributed by atoms with Gasteiger partial charge in [0.15, 0.2) is 0 Å². The van der Waals surface area contributed by atoms with Crippen molar-refractivity contribution in [3.8, 4) is 5.75 Å². The van der Waals surface area contributed by atoms with Crippen molar-refractivity contribution in [1.82, 2.24) is 0 Å². The molecule has 0 unspecified atom stereocenters. The third kappa shape index (κ3) is 3.32. The SMILES string of the molecule is CCOP(=O)(OCC)C(F)(F)c1cccc(OC)c1. The molecule has 0 aliphatic carbocycles. The summed E-state index contributed by atoms with van der Waals surface area (Å²) in [7, 11) is -3.20. The van der Waals surface area contributed by atoms with Gasteiger partial charge in [0.25, 0.3) is 0 Å². The maximum absolute atomic E-state index is 14.3. The molecule has 0 radical (unpaired) electrons. The first-order valence-corrected chi connectivity index (χ1v) is 7.37. The Kier molecular flexibility index (Phi) is 5.47. The van der Waals surface area contributed by atoms with E-state index < -0.39 is 18.8 Å². The van der Waals surface area contributed by atoms with Gasteiger partial charge in [0, 0.05) is 5.56 Å². The summed E-state index contributed by atoms with van der Waals surface area (Å²) >= 11 is 0. The minimum atomic E-state index is -4.56. The summed E-state index contributed by atoms with van der Waals surface area (Å²) in [5, 5.41) is 0. The molecule has 0 amide bonds. The van der Waals surface area contributed by atoms with Crippen LogP contribution in [0.15, 0.2) is 24.3 Å². The Hall–Kier alpha value is -0.970. The minimum Gasteiger partial charge on any atom is -0.497 e. The van der Waals surface area contributed by atoms with E-state index in [4.69, 9.17) is 13.8 Å². The lowest BCUT2D eigenvalue weighted by molar-refractivity contribution is 0.0359. The van der Waals surface area contributed by atoms with E-state index in [9.17, 15) is 13.3 Å². The van der Waals surface area contributed by atoms with Crippen LogP contribution in [0.5, 0.6) is 5.75 Å². The van der Waals surface area contributed by atoms with Gasteiger partial charge in [-0.1, -0.05) is 12.1 Å². The molecule has 0 saturated heterocycles. The molecular weight excluding hydrogens is 277 g/mol. The molecule has 0 aliphatic rings. The Morgan fingerprint density at radius 3 is 2.26 bits per heavy atom. The van der Waals surface area contributed by atoms with Gasteiger partial charge in [-0.15, -0.1) is 0 Å². The van der Waals surface area contributed by atoms with Crippen LogP contribution in [-0.4, -0.2) is 20.3 Å². The fourth-order valence-electron chi connectivity index (χ4n) is 1.51. The summed E-state index contributed by atoms with van der Waals surface area (Å²) in [5.74, 6) is 0.247. The molecule has 0 heterocycles.